The molecule has 0 radical (unpaired) electrons. The molecule has 0 heterocycles. The number of aliphatic imine (C=N–C) groups is 2. The van der Waals surface area contributed by atoms with Crippen LogP contribution in [0.2, 0.25) is 0 Å². The van der Waals surface area contributed by atoms with Gasteiger partial charge >= 0.3 is 0 Å². The van der Waals surface area contributed by atoms with Gasteiger partial charge in [0, 0.05) is 23.8 Å². The van der Waals surface area contributed by atoms with Crippen molar-refractivity contribution in [1.29, 1.82) is 0 Å². The monoisotopic (exact) mass is 638 g/mol. The van der Waals surface area contributed by atoms with E-state index in [9.17, 15) is 9.59 Å². The molecule has 0 saturated heterocycles. The highest BCUT2D eigenvalue weighted by Gasteiger charge is 2.21. The molecule has 5 aromatic rings. The minimum absolute atomic E-state index is 0.246. The van der Waals surface area contributed by atoms with Gasteiger partial charge in [-0.3, -0.25) is 19.6 Å². The minimum atomic E-state index is -0.545. The molecule has 0 unspecified atom stereocenters. The largest absolute Gasteiger partial charge is 0.350 e. The van der Waals surface area contributed by atoms with Gasteiger partial charge in [0.05, 0.1) is 11.4 Å². The predicted molar refractivity (Wildman–Crippen MR) is 205 cm³/mol. The summed E-state index contributed by atoms with van der Waals surface area (Å²) in [4.78, 5) is 34.4. The molecular weight excluding hydrogens is 592 g/mol. The van der Waals surface area contributed by atoms with Crippen molar-refractivity contribution in [1.82, 2.24) is 0 Å². The molecule has 0 aromatic heterocycles. The zero-order valence-corrected chi connectivity index (χ0v) is 29.3. The van der Waals surface area contributed by atoms with E-state index in [2.05, 4.69) is 112 Å². The van der Waals surface area contributed by atoms with Crippen LogP contribution in [-0.4, -0.2) is 12.4 Å². The molecule has 0 amide bonds. The zero-order chi connectivity index (χ0) is 34.5. The summed E-state index contributed by atoms with van der Waals surface area (Å²) in [6.45, 7) is 17.6. The first-order chi connectivity index (χ1) is 22.9. The van der Waals surface area contributed by atoms with Crippen molar-refractivity contribution in [2.24, 2.45) is 9.98 Å². The van der Waals surface area contributed by atoms with E-state index in [-0.39, 0.29) is 11.4 Å². The fourth-order valence-electron chi connectivity index (χ4n) is 5.37. The quantitative estimate of drug-likeness (QED) is 0.105. The van der Waals surface area contributed by atoms with E-state index >= 15 is 0 Å². The first-order valence-corrected chi connectivity index (χ1v) is 16.8. The molecule has 48 heavy (non-hydrogen) atoms. The van der Waals surface area contributed by atoms with Gasteiger partial charge in [0.1, 0.15) is 11.4 Å². The second kappa shape index (κ2) is 14.8. The van der Waals surface area contributed by atoms with Gasteiger partial charge in [-0.25, -0.2) is 0 Å². The van der Waals surface area contributed by atoms with Crippen molar-refractivity contribution in [2.45, 2.75) is 79.1 Å². The molecule has 0 saturated carbocycles. The summed E-state index contributed by atoms with van der Waals surface area (Å²) in [7, 11) is 0. The molecule has 2 N–H and O–H groups in total. The Bertz CT molecular complexity index is 1810. The number of benzene rings is 4. The van der Waals surface area contributed by atoms with Crippen LogP contribution in [0.15, 0.2) is 105 Å². The maximum absolute atomic E-state index is 12.5. The topological polar surface area (TPSA) is 82.9 Å². The standard InChI is InChI=1S/C42H46N4O2/c1-25(2)31-17-29(18-32(21-31)26(3)4)23-43-35-9-13-37(14-10-35)45-39-40(42(48)41(39)47)46-38-15-11-36(12-16-38)44-24-30-19-33(27(5)6)22-34(20-30)28(7)8/h9-28,45-46H,1-8H3. The lowest BCUT2D eigenvalue weighted by molar-refractivity contribution is 0.833. The van der Waals surface area contributed by atoms with Crippen LogP contribution >= 0.6 is 0 Å². The van der Waals surface area contributed by atoms with Crippen LogP contribution in [0.3, 0.4) is 0 Å². The Hall–Kier alpha value is -5.10. The zero-order valence-electron chi connectivity index (χ0n) is 29.3. The molecule has 0 aliphatic rings. The highest BCUT2D eigenvalue weighted by atomic mass is 16.2. The molecule has 6 heteroatoms. The maximum Gasteiger partial charge on any atom is 0.253 e. The molecule has 0 bridgehead atoms. The number of hydrogen-bond acceptors (Lipinski definition) is 6. The minimum Gasteiger partial charge on any atom is -0.350 e. The van der Waals surface area contributed by atoms with Crippen molar-refractivity contribution in [2.75, 3.05) is 10.6 Å². The van der Waals surface area contributed by atoms with Gasteiger partial charge in [-0.1, -0.05) is 67.5 Å². The van der Waals surface area contributed by atoms with E-state index < -0.39 is 10.9 Å². The Morgan fingerprint density at radius 3 is 1.02 bits per heavy atom. The van der Waals surface area contributed by atoms with Gasteiger partial charge < -0.3 is 10.6 Å². The van der Waals surface area contributed by atoms with Gasteiger partial charge in [0.2, 0.25) is 0 Å². The van der Waals surface area contributed by atoms with Gasteiger partial charge in [0.25, 0.3) is 10.9 Å². The van der Waals surface area contributed by atoms with Crippen LogP contribution in [0.5, 0.6) is 0 Å². The van der Waals surface area contributed by atoms with Crippen LogP contribution in [0.1, 0.15) is 112 Å². The molecule has 0 aliphatic heterocycles. The fourth-order valence-corrected chi connectivity index (χ4v) is 5.37. The van der Waals surface area contributed by atoms with Gasteiger partial charge in [-0.15, -0.1) is 0 Å². The van der Waals surface area contributed by atoms with E-state index in [1.54, 1.807) is 0 Å². The Morgan fingerprint density at radius 2 is 0.750 bits per heavy atom. The summed E-state index contributed by atoms with van der Waals surface area (Å²) in [5, 5.41) is 6.23. The van der Waals surface area contributed by atoms with Crippen molar-refractivity contribution in [3.8, 4) is 0 Å². The molecule has 5 rings (SSSR count). The third-order valence-electron chi connectivity index (χ3n) is 8.58. The molecular formula is C42H46N4O2. The lowest BCUT2D eigenvalue weighted by Gasteiger charge is -2.15. The number of nitrogens with one attached hydrogen (secondary N) is 2. The maximum atomic E-state index is 12.5. The average molecular weight is 639 g/mol. The van der Waals surface area contributed by atoms with Crippen LogP contribution in [0.4, 0.5) is 34.1 Å². The first kappa shape index (κ1) is 34.2. The molecule has 5 aromatic carbocycles. The third kappa shape index (κ3) is 8.24. The Balaban J connectivity index is 1.25. The second-order valence-electron chi connectivity index (χ2n) is 13.8. The van der Waals surface area contributed by atoms with E-state index in [0.717, 1.165) is 22.5 Å². The van der Waals surface area contributed by atoms with Crippen molar-refractivity contribution in [3.05, 3.63) is 139 Å². The Kier molecular flexibility index (Phi) is 10.5. The van der Waals surface area contributed by atoms with Crippen molar-refractivity contribution < 1.29 is 0 Å². The lowest BCUT2D eigenvalue weighted by Crippen LogP contribution is -2.35. The Morgan fingerprint density at radius 1 is 0.458 bits per heavy atom. The molecule has 6 nitrogen and oxygen atoms in total. The Labute approximate surface area is 284 Å². The van der Waals surface area contributed by atoms with E-state index in [1.807, 2.05) is 61.0 Å². The average Bonchev–Trinajstić information content (AvgIpc) is 3.08. The lowest BCUT2D eigenvalue weighted by atomic mass is 9.93. The number of hydrogen-bond donors (Lipinski definition) is 2. The summed E-state index contributed by atoms with van der Waals surface area (Å²) in [5.74, 6) is 1.75. The van der Waals surface area contributed by atoms with Crippen LogP contribution < -0.4 is 21.5 Å². The van der Waals surface area contributed by atoms with Crippen molar-refractivity contribution in [3.63, 3.8) is 0 Å². The van der Waals surface area contributed by atoms with E-state index in [1.165, 1.54) is 22.3 Å². The summed E-state index contributed by atoms with van der Waals surface area (Å²) in [6.07, 6.45) is 3.78. The highest BCUT2D eigenvalue weighted by molar-refractivity contribution is 5.85. The fraction of sp³-hybridized carbons (Fsp3) is 0.286. The second-order valence-corrected chi connectivity index (χ2v) is 13.8. The van der Waals surface area contributed by atoms with Gasteiger partial charge in [0.15, 0.2) is 0 Å². The SMILES string of the molecule is CC(C)c1cc(C=Nc2ccc(Nc3c(Nc4ccc(N=Cc5cc(C(C)C)cc(C(C)C)c5)cc4)c(=O)c3=O)cc2)cc(C(C)C)c1. The van der Waals surface area contributed by atoms with Crippen LogP contribution in [-0.2, 0) is 0 Å². The van der Waals surface area contributed by atoms with E-state index in [0.29, 0.717) is 35.0 Å². The van der Waals surface area contributed by atoms with Crippen LogP contribution in [0, 0.1) is 0 Å². The smallest absolute Gasteiger partial charge is 0.253 e. The predicted octanol–water partition coefficient (Wildman–Crippen LogP) is 10.8. The normalized spacial score (nSPS) is 12.1. The highest BCUT2D eigenvalue weighted by Crippen LogP contribution is 2.28. The number of rotatable bonds is 12. The first-order valence-electron chi connectivity index (χ1n) is 16.8. The summed E-state index contributed by atoms with van der Waals surface area (Å²) >= 11 is 0. The summed E-state index contributed by atoms with van der Waals surface area (Å²) < 4.78 is 0. The molecule has 0 fully saturated rings. The third-order valence-corrected chi connectivity index (χ3v) is 8.58. The number of nitrogens with zero attached hydrogens (tertiary/aromatic N) is 2. The van der Waals surface area contributed by atoms with Crippen molar-refractivity contribution >= 4 is 46.6 Å². The molecule has 246 valence electrons. The van der Waals surface area contributed by atoms with Crippen LogP contribution in [0.25, 0.3) is 0 Å². The van der Waals surface area contributed by atoms with Gasteiger partial charge in [-0.2, -0.15) is 0 Å². The summed E-state index contributed by atoms with van der Waals surface area (Å²) in [5.41, 5.74) is 9.71. The molecule has 0 aliphatic carbocycles. The summed E-state index contributed by atoms with van der Waals surface area (Å²) in [6, 6.07) is 28.2. The van der Waals surface area contributed by atoms with Gasteiger partial charge in [-0.05, 0) is 130 Å². The molecule has 0 atom stereocenters. The molecule has 0 spiro atoms. The van der Waals surface area contributed by atoms with E-state index in [4.69, 9.17) is 0 Å². The number of anilines is 4.